The number of aliphatic hydroxyl groups is 1. The Labute approximate surface area is 103 Å². The van der Waals surface area contributed by atoms with E-state index >= 15 is 0 Å². The van der Waals surface area contributed by atoms with Gasteiger partial charge in [-0.25, -0.2) is 9.37 Å². The predicted molar refractivity (Wildman–Crippen MR) is 63.6 cm³/mol. The highest BCUT2D eigenvalue weighted by Gasteiger charge is 2.01. The third-order valence-corrected chi connectivity index (χ3v) is 3.12. The smallest absolute Gasteiger partial charge is 0.123 e. The average Bonchev–Trinajstić information content (AvgIpc) is 2.80. The van der Waals surface area contributed by atoms with Crippen molar-refractivity contribution in [3.05, 3.63) is 46.2 Å². The third-order valence-electron chi connectivity index (χ3n) is 2.16. The fourth-order valence-corrected chi connectivity index (χ4v) is 2.09. The number of hydrogen-bond donors (Lipinski definition) is 1. The molecule has 1 aromatic heterocycles. The van der Waals surface area contributed by atoms with Gasteiger partial charge in [-0.2, -0.15) is 0 Å². The van der Waals surface area contributed by atoms with Crippen LogP contribution in [0.3, 0.4) is 0 Å². The van der Waals surface area contributed by atoms with Crippen LogP contribution < -0.4 is 4.74 Å². The molecule has 2 rings (SSSR count). The van der Waals surface area contributed by atoms with Crippen LogP contribution >= 0.6 is 11.3 Å². The highest BCUT2D eigenvalue weighted by atomic mass is 32.1. The Balaban J connectivity index is 1.81. The van der Waals surface area contributed by atoms with Crippen molar-refractivity contribution in [3.8, 4) is 5.75 Å². The number of benzene rings is 1. The molecule has 0 atom stereocenters. The van der Waals surface area contributed by atoms with Gasteiger partial charge in [-0.15, -0.1) is 11.3 Å². The molecule has 0 fully saturated rings. The fraction of sp³-hybridized carbons (Fsp3) is 0.250. The molecule has 1 heterocycles. The van der Waals surface area contributed by atoms with Crippen molar-refractivity contribution in [2.75, 3.05) is 6.61 Å². The van der Waals surface area contributed by atoms with E-state index in [0.717, 1.165) is 5.01 Å². The molecule has 1 N–H and O–H groups in total. The molecule has 2 aromatic rings. The van der Waals surface area contributed by atoms with Gasteiger partial charge in [0.15, 0.2) is 0 Å². The summed E-state index contributed by atoms with van der Waals surface area (Å²) in [6.07, 6.45) is 0.683. The lowest BCUT2D eigenvalue weighted by Gasteiger charge is -2.04. The SMILES string of the molecule is OCc1csc(CCOc2ccc(F)cc2)n1. The third kappa shape index (κ3) is 3.51. The van der Waals surface area contributed by atoms with Gasteiger partial charge >= 0.3 is 0 Å². The number of rotatable bonds is 5. The number of aliphatic hydroxyl groups excluding tert-OH is 1. The predicted octanol–water partition coefficient (Wildman–Crippen LogP) is 2.40. The minimum atomic E-state index is -0.273. The number of nitrogens with zero attached hydrogens (tertiary/aromatic N) is 1. The van der Waals surface area contributed by atoms with E-state index in [-0.39, 0.29) is 12.4 Å². The number of ether oxygens (including phenoxy) is 1. The molecular weight excluding hydrogens is 241 g/mol. The van der Waals surface area contributed by atoms with Gasteiger partial charge in [0.05, 0.1) is 23.9 Å². The van der Waals surface area contributed by atoms with E-state index in [4.69, 9.17) is 9.84 Å². The summed E-state index contributed by atoms with van der Waals surface area (Å²) in [7, 11) is 0. The topological polar surface area (TPSA) is 42.4 Å². The quantitative estimate of drug-likeness (QED) is 0.889. The van der Waals surface area contributed by atoms with Crippen LogP contribution in [0.1, 0.15) is 10.7 Å². The lowest BCUT2D eigenvalue weighted by Crippen LogP contribution is -2.01. The first-order chi connectivity index (χ1) is 8.28. The Kier molecular flexibility index (Phi) is 4.06. The van der Waals surface area contributed by atoms with Gasteiger partial charge in [0, 0.05) is 11.8 Å². The van der Waals surface area contributed by atoms with E-state index in [1.165, 1.54) is 23.5 Å². The maximum Gasteiger partial charge on any atom is 0.123 e. The molecule has 0 saturated carbocycles. The molecule has 0 aliphatic heterocycles. The molecule has 0 amide bonds. The second-order valence-corrected chi connectivity index (χ2v) is 4.39. The summed E-state index contributed by atoms with van der Waals surface area (Å²) in [5.41, 5.74) is 0.687. The van der Waals surface area contributed by atoms with Crippen LogP contribution in [0.15, 0.2) is 29.6 Å². The standard InChI is InChI=1S/C12H12FNO2S/c13-9-1-3-11(4-2-9)16-6-5-12-14-10(7-15)8-17-12/h1-4,8,15H,5-7H2. The molecule has 0 bridgehead atoms. The zero-order valence-electron chi connectivity index (χ0n) is 9.10. The average molecular weight is 253 g/mol. The zero-order valence-corrected chi connectivity index (χ0v) is 9.91. The summed E-state index contributed by atoms with van der Waals surface area (Å²) in [5, 5.41) is 11.6. The molecule has 17 heavy (non-hydrogen) atoms. The van der Waals surface area contributed by atoms with E-state index in [1.54, 1.807) is 12.1 Å². The fourth-order valence-electron chi connectivity index (χ4n) is 1.32. The summed E-state index contributed by atoms with van der Waals surface area (Å²) in [6, 6.07) is 5.91. The Morgan fingerprint density at radius 3 is 2.71 bits per heavy atom. The summed E-state index contributed by atoms with van der Waals surface area (Å²) in [4.78, 5) is 4.20. The molecule has 5 heteroatoms. The summed E-state index contributed by atoms with van der Waals surface area (Å²) >= 11 is 1.50. The van der Waals surface area contributed by atoms with E-state index in [2.05, 4.69) is 4.98 Å². The summed E-state index contributed by atoms with van der Waals surface area (Å²) in [5.74, 6) is 0.371. The molecule has 0 aliphatic carbocycles. The van der Waals surface area contributed by atoms with Crippen molar-refractivity contribution in [1.29, 1.82) is 0 Å². The Hall–Kier alpha value is -1.46. The Bertz CT molecular complexity index is 470. The highest BCUT2D eigenvalue weighted by Crippen LogP contribution is 2.13. The second-order valence-electron chi connectivity index (χ2n) is 3.44. The van der Waals surface area contributed by atoms with E-state index in [0.29, 0.717) is 24.5 Å². The number of aromatic nitrogens is 1. The second kappa shape index (κ2) is 5.75. The first-order valence-electron chi connectivity index (χ1n) is 5.20. The van der Waals surface area contributed by atoms with Crippen LogP contribution in [-0.4, -0.2) is 16.7 Å². The lowest BCUT2D eigenvalue weighted by molar-refractivity contribution is 0.277. The summed E-state index contributed by atoms with van der Waals surface area (Å²) in [6.45, 7) is 0.458. The Morgan fingerprint density at radius 2 is 2.06 bits per heavy atom. The van der Waals surface area contributed by atoms with Gasteiger partial charge in [0.25, 0.3) is 0 Å². The van der Waals surface area contributed by atoms with Crippen LogP contribution in [-0.2, 0) is 13.0 Å². The van der Waals surface area contributed by atoms with Gasteiger partial charge in [-0.3, -0.25) is 0 Å². The first kappa shape index (κ1) is 12.0. The van der Waals surface area contributed by atoms with Gasteiger partial charge in [0.1, 0.15) is 11.6 Å². The molecule has 0 saturated heterocycles. The van der Waals surface area contributed by atoms with Crippen LogP contribution in [0.2, 0.25) is 0 Å². The molecule has 0 spiro atoms. The van der Waals surface area contributed by atoms with Crippen molar-refractivity contribution < 1.29 is 14.2 Å². The summed E-state index contributed by atoms with van der Waals surface area (Å²) < 4.78 is 18.1. The number of halogens is 1. The van der Waals surface area contributed by atoms with E-state index in [9.17, 15) is 4.39 Å². The van der Waals surface area contributed by atoms with E-state index in [1.807, 2.05) is 5.38 Å². The maximum absolute atomic E-state index is 12.6. The molecule has 1 aromatic carbocycles. The zero-order chi connectivity index (χ0) is 12.1. The molecule has 0 unspecified atom stereocenters. The van der Waals surface area contributed by atoms with Crippen molar-refractivity contribution in [1.82, 2.24) is 4.98 Å². The normalized spacial score (nSPS) is 10.5. The number of thiazole rings is 1. The van der Waals surface area contributed by atoms with Crippen molar-refractivity contribution in [2.45, 2.75) is 13.0 Å². The molecule has 3 nitrogen and oxygen atoms in total. The minimum Gasteiger partial charge on any atom is -0.493 e. The number of hydrogen-bond acceptors (Lipinski definition) is 4. The van der Waals surface area contributed by atoms with Gasteiger partial charge in [-0.1, -0.05) is 0 Å². The van der Waals surface area contributed by atoms with Crippen LogP contribution in [0.5, 0.6) is 5.75 Å². The Morgan fingerprint density at radius 1 is 1.29 bits per heavy atom. The first-order valence-corrected chi connectivity index (χ1v) is 6.08. The van der Waals surface area contributed by atoms with Gasteiger partial charge < -0.3 is 9.84 Å². The van der Waals surface area contributed by atoms with Crippen molar-refractivity contribution in [2.24, 2.45) is 0 Å². The monoisotopic (exact) mass is 253 g/mol. The largest absolute Gasteiger partial charge is 0.493 e. The minimum absolute atomic E-state index is 0.0324. The van der Waals surface area contributed by atoms with Crippen LogP contribution in [0, 0.1) is 5.82 Å². The molecular formula is C12H12FNO2S. The van der Waals surface area contributed by atoms with Crippen LogP contribution in [0.4, 0.5) is 4.39 Å². The van der Waals surface area contributed by atoms with Crippen molar-refractivity contribution in [3.63, 3.8) is 0 Å². The molecule has 90 valence electrons. The highest BCUT2D eigenvalue weighted by molar-refractivity contribution is 7.09. The molecule has 0 aliphatic rings. The van der Waals surface area contributed by atoms with E-state index < -0.39 is 0 Å². The maximum atomic E-state index is 12.6. The lowest BCUT2D eigenvalue weighted by atomic mass is 10.3. The van der Waals surface area contributed by atoms with Gasteiger partial charge in [0.2, 0.25) is 0 Å². The van der Waals surface area contributed by atoms with Crippen LogP contribution in [0.25, 0.3) is 0 Å². The molecule has 0 radical (unpaired) electrons. The van der Waals surface area contributed by atoms with Crippen molar-refractivity contribution >= 4 is 11.3 Å². The van der Waals surface area contributed by atoms with Gasteiger partial charge in [-0.05, 0) is 24.3 Å².